The maximum atomic E-state index is 13.3. The first-order valence-electron chi connectivity index (χ1n) is 10.00. The van der Waals surface area contributed by atoms with Crippen molar-refractivity contribution < 1.29 is 14.3 Å². The molecule has 148 valence electrons. The quantitative estimate of drug-likeness (QED) is 0.866. The van der Waals surface area contributed by atoms with Crippen LogP contribution in [-0.2, 0) is 11.2 Å². The van der Waals surface area contributed by atoms with E-state index in [-0.39, 0.29) is 17.9 Å². The molecule has 5 heteroatoms. The Labute approximate surface area is 166 Å². The Kier molecular flexibility index (Phi) is 5.53. The maximum Gasteiger partial charge on any atom is 0.227 e. The van der Waals surface area contributed by atoms with Gasteiger partial charge in [-0.25, -0.2) is 0 Å². The Morgan fingerprint density at radius 3 is 2.82 bits per heavy atom. The highest BCUT2D eigenvalue weighted by atomic mass is 16.5. The summed E-state index contributed by atoms with van der Waals surface area (Å²) in [5.41, 5.74) is 2.18. The molecule has 3 atom stereocenters. The SMILES string of the molecule is COc1cccc([C@H]2CN(C(=O)Cc3ccccc3OC)[C@@H]3CCCN[C@H]23)c1. The van der Waals surface area contributed by atoms with Gasteiger partial charge in [-0.15, -0.1) is 0 Å². The van der Waals surface area contributed by atoms with Crippen molar-refractivity contribution in [3.8, 4) is 11.5 Å². The van der Waals surface area contributed by atoms with Crippen LogP contribution in [0.15, 0.2) is 48.5 Å². The zero-order chi connectivity index (χ0) is 19.5. The van der Waals surface area contributed by atoms with Crippen LogP contribution in [0.1, 0.15) is 29.9 Å². The minimum absolute atomic E-state index is 0.175. The molecule has 0 saturated carbocycles. The van der Waals surface area contributed by atoms with Gasteiger partial charge in [-0.05, 0) is 43.1 Å². The van der Waals surface area contributed by atoms with Crippen LogP contribution < -0.4 is 14.8 Å². The number of piperidine rings is 1. The molecule has 28 heavy (non-hydrogen) atoms. The number of benzene rings is 2. The van der Waals surface area contributed by atoms with E-state index in [1.54, 1.807) is 14.2 Å². The Morgan fingerprint density at radius 1 is 1.14 bits per heavy atom. The summed E-state index contributed by atoms with van der Waals surface area (Å²) < 4.78 is 10.8. The summed E-state index contributed by atoms with van der Waals surface area (Å²) in [7, 11) is 3.34. The van der Waals surface area contributed by atoms with Crippen molar-refractivity contribution in [3.63, 3.8) is 0 Å². The second kappa shape index (κ2) is 8.23. The predicted molar refractivity (Wildman–Crippen MR) is 109 cm³/mol. The van der Waals surface area contributed by atoms with Gasteiger partial charge in [0.1, 0.15) is 11.5 Å². The summed E-state index contributed by atoms with van der Waals surface area (Å²) in [5, 5.41) is 3.68. The van der Waals surface area contributed by atoms with Crippen LogP contribution in [0.3, 0.4) is 0 Å². The lowest BCUT2D eigenvalue weighted by molar-refractivity contribution is -0.131. The molecule has 5 nitrogen and oxygen atoms in total. The van der Waals surface area contributed by atoms with E-state index in [0.717, 1.165) is 43.0 Å². The second-order valence-electron chi connectivity index (χ2n) is 7.61. The first-order valence-corrected chi connectivity index (χ1v) is 10.00. The van der Waals surface area contributed by atoms with Crippen molar-refractivity contribution in [2.45, 2.75) is 37.3 Å². The van der Waals surface area contributed by atoms with Crippen LogP contribution in [0.4, 0.5) is 0 Å². The largest absolute Gasteiger partial charge is 0.497 e. The third-order valence-electron chi connectivity index (χ3n) is 6.07. The molecular formula is C23H28N2O3. The highest BCUT2D eigenvalue weighted by Crippen LogP contribution is 2.37. The van der Waals surface area contributed by atoms with E-state index < -0.39 is 0 Å². The summed E-state index contributed by atoms with van der Waals surface area (Å²) >= 11 is 0. The number of hydrogen-bond donors (Lipinski definition) is 1. The highest BCUT2D eigenvalue weighted by molar-refractivity contribution is 5.80. The molecule has 2 aliphatic rings. The molecule has 1 amide bonds. The predicted octanol–water partition coefficient (Wildman–Crippen LogP) is 2.99. The Bertz CT molecular complexity index is 838. The first kappa shape index (κ1) is 18.8. The van der Waals surface area contributed by atoms with Gasteiger partial charge in [0.2, 0.25) is 5.91 Å². The standard InChI is InChI=1S/C23H28N2O3/c1-27-18-9-5-8-16(13-18)19-15-25(20-10-6-12-24-23(19)20)22(26)14-17-7-3-4-11-21(17)28-2/h3-5,7-9,11,13,19-20,23-24H,6,10,12,14-15H2,1-2H3/t19-,20-,23-/m1/s1. The molecule has 2 fully saturated rings. The number of methoxy groups -OCH3 is 2. The van der Waals surface area contributed by atoms with Crippen LogP contribution >= 0.6 is 0 Å². The van der Waals surface area contributed by atoms with Crippen molar-refractivity contribution in [3.05, 3.63) is 59.7 Å². The minimum Gasteiger partial charge on any atom is -0.497 e. The fourth-order valence-corrected chi connectivity index (χ4v) is 4.70. The molecule has 0 spiro atoms. The number of amides is 1. The molecule has 2 heterocycles. The molecule has 0 unspecified atom stereocenters. The van der Waals surface area contributed by atoms with Gasteiger partial charge in [0, 0.05) is 30.1 Å². The number of rotatable bonds is 5. The van der Waals surface area contributed by atoms with Gasteiger partial charge in [0.15, 0.2) is 0 Å². The molecule has 2 aliphatic heterocycles. The molecule has 0 aromatic heterocycles. The zero-order valence-corrected chi connectivity index (χ0v) is 16.6. The summed E-state index contributed by atoms with van der Waals surface area (Å²) in [4.78, 5) is 15.3. The number of likely N-dealkylation sites (tertiary alicyclic amines) is 1. The lowest BCUT2D eigenvalue weighted by Crippen LogP contribution is -2.49. The zero-order valence-electron chi connectivity index (χ0n) is 16.6. The fourth-order valence-electron chi connectivity index (χ4n) is 4.70. The lowest BCUT2D eigenvalue weighted by atomic mass is 9.87. The van der Waals surface area contributed by atoms with Gasteiger partial charge < -0.3 is 19.7 Å². The number of fused-ring (bicyclic) bond motifs is 1. The summed E-state index contributed by atoms with van der Waals surface area (Å²) in [5.74, 6) is 2.09. The molecule has 0 radical (unpaired) electrons. The third kappa shape index (κ3) is 3.59. The second-order valence-corrected chi connectivity index (χ2v) is 7.61. The molecule has 2 saturated heterocycles. The minimum atomic E-state index is 0.175. The molecule has 2 aromatic rings. The molecule has 1 N–H and O–H groups in total. The number of nitrogens with zero attached hydrogens (tertiary/aromatic N) is 1. The van der Waals surface area contributed by atoms with Crippen molar-refractivity contribution in [2.24, 2.45) is 0 Å². The van der Waals surface area contributed by atoms with Gasteiger partial charge >= 0.3 is 0 Å². The number of ether oxygens (including phenoxy) is 2. The summed E-state index contributed by atoms with van der Waals surface area (Å²) in [6.45, 7) is 1.75. The molecule has 0 bridgehead atoms. The van der Waals surface area contributed by atoms with E-state index in [2.05, 4.69) is 22.3 Å². The summed E-state index contributed by atoms with van der Waals surface area (Å²) in [6, 6.07) is 16.6. The average molecular weight is 380 g/mol. The number of hydrogen-bond acceptors (Lipinski definition) is 4. The summed E-state index contributed by atoms with van der Waals surface area (Å²) in [6.07, 6.45) is 2.53. The normalized spacial score (nSPS) is 23.9. The fraction of sp³-hybridized carbons (Fsp3) is 0.435. The topological polar surface area (TPSA) is 50.8 Å². The van der Waals surface area contributed by atoms with Gasteiger partial charge in [0.25, 0.3) is 0 Å². The van der Waals surface area contributed by atoms with E-state index in [9.17, 15) is 4.79 Å². The van der Waals surface area contributed by atoms with Crippen molar-refractivity contribution in [1.82, 2.24) is 10.2 Å². The van der Waals surface area contributed by atoms with Crippen LogP contribution in [0.25, 0.3) is 0 Å². The van der Waals surface area contributed by atoms with E-state index >= 15 is 0 Å². The van der Waals surface area contributed by atoms with Gasteiger partial charge in [-0.2, -0.15) is 0 Å². The molecule has 4 rings (SSSR count). The smallest absolute Gasteiger partial charge is 0.227 e. The van der Waals surface area contributed by atoms with E-state index in [4.69, 9.17) is 9.47 Å². The third-order valence-corrected chi connectivity index (χ3v) is 6.07. The van der Waals surface area contributed by atoms with Crippen molar-refractivity contribution in [2.75, 3.05) is 27.3 Å². The molecule has 2 aromatic carbocycles. The number of para-hydroxylation sites is 1. The van der Waals surface area contributed by atoms with Crippen LogP contribution in [0.2, 0.25) is 0 Å². The Balaban J connectivity index is 1.57. The highest BCUT2D eigenvalue weighted by Gasteiger charge is 2.45. The van der Waals surface area contributed by atoms with Gasteiger partial charge in [-0.3, -0.25) is 4.79 Å². The Hall–Kier alpha value is -2.53. The number of nitrogens with one attached hydrogen (secondary N) is 1. The number of carbonyl (C=O) groups excluding carboxylic acids is 1. The van der Waals surface area contributed by atoms with Gasteiger partial charge in [0.05, 0.1) is 20.6 Å². The average Bonchev–Trinajstić information content (AvgIpc) is 3.14. The number of carbonyl (C=O) groups is 1. The van der Waals surface area contributed by atoms with Crippen LogP contribution in [0, 0.1) is 0 Å². The lowest BCUT2D eigenvalue weighted by Gasteiger charge is -2.33. The molecular weight excluding hydrogens is 352 g/mol. The van der Waals surface area contributed by atoms with E-state index in [1.165, 1.54) is 5.56 Å². The van der Waals surface area contributed by atoms with Crippen LogP contribution in [-0.4, -0.2) is 50.2 Å². The van der Waals surface area contributed by atoms with E-state index in [1.807, 2.05) is 36.4 Å². The van der Waals surface area contributed by atoms with E-state index in [0.29, 0.717) is 12.5 Å². The van der Waals surface area contributed by atoms with Gasteiger partial charge in [-0.1, -0.05) is 30.3 Å². The first-order chi connectivity index (χ1) is 13.7. The maximum absolute atomic E-state index is 13.3. The Morgan fingerprint density at radius 2 is 2.00 bits per heavy atom. The van der Waals surface area contributed by atoms with Crippen molar-refractivity contribution in [1.29, 1.82) is 0 Å². The van der Waals surface area contributed by atoms with Crippen LogP contribution in [0.5, 0.6) is 11.5 Å². The molecule has 0 aliphatic carbocycles. The monoisotopic (exact) mass is 380 g/mol. The van der Waals surface area contributed by atoms with Crippen molar-refractivity contribution >= 4 is 5.91 Å².